The Kier molecular flexibility index (Phi) is 5.28. The van der Waals surface area contributed by atoms with Gasteiger partial charge in [0.15, 0.2) is 0 Å². The summed E-state index contributed by atoms with van der Waals surface area (Å²) in [5, 5.41) is 3.33. The lowest BCUT2D eigenvalue weighted by atomic mass is 9.77. The van der Waals surface area contributed by atoms with E-state index in [1.54, 1.807) is 5.56 Å². The maximum absolute atomic E-state index is 3.60. The lowest BCUT2D eigenvalue weighted by Gasteiger charge is -2.29. The van der Waals surface area contributed by atoms with Gasteiger partial charge in [0.05, 0.1) is 3.79 Å². The third-order valence-corrected chi connectivity index (χ3v) is 6.08. The lowest BCUT2D eigenvalue weighted by Crippen LogP contribution is -2.23. The van der Waals surface area contributed by atoms with Crippen LogP contribution in [-0.4, -0.2) is 13.6 Å². The molecule has 0 spiro atoms. The molecule has 2 rings (SSSR count). The number of thiophene rings is 1. The first-order valence-electron chi connectivity index (χ1n) is 7.05. The van der Waals surface area contributed by atoms with Crippen LogP contribution in [0, 0.1) is 12.3 Å². The van der Waals surface area contributed by atoms with Gasteiger partial charge in [-0.25, -0.2) is 0 Å². The highest BCUT2D eigenvalue weighted by Crippen LogP contribution is 2.45. The summed E-state index contributed by atoms with van der Waals surface area (Å²) in [7, 11) is 2.07. The standard InChI is InChI=1S/C15H24BrNS/c1-12-13(11-14(16)18-12)5-8-15(9-10-17-2)6-3-4-7-15/h11,17H,3-10H2,1-2H3. The molecule has 1 aliphatic carbocycles. The van der Waals surface area contributed by atoms with Crippen LogP contribution in [0.5, 0.6) is 0 Å². The summed E-state index contributed by atoms with van der Waals surface area (Å²) in [5.74, 6) is 0. The summed E-state index contributed by atoms with van der Waals surface area (Å²) in [6.07, 6.45) is 9.76. The number of rotatable bonds is 6. The number of hydrogen-bond donors (Lipinski definition) is 1. The van der Waals surface area contributed by atoms with Crippen LogP contribution in [-0.2, 0) is 6.42 Å². The van der Waals surface area contributed by atoms with Gasteiger partial charge in [0.2, 0.25) is 0 Å². The Morgan fingerprint density at radius 1 is 1.33 bits per heavy atom. The van der Waals surface area contributed by atoms with E-state index in [-0.39, 0.29) is 0 Å². The SMILES string of the molecule is CNCCC1(CCc2cc(Br)sc2C)CCCC1. The van der Waals surface area contributed by atoms with E-state index in [9.17, 15) is 0 Å². The Morgan fingerprint density at radius 3 is 2.61 bits per heavy atom. The van der Waals surface area contributed by atoms with Crippen molar-refractivity contribution >= 4 is 27.3 Å². The minimum Gasteiger partial charge on any atom is -0.320 e. The summed E-state index contributed by atoms with van der Waals surface area (Å²) in [6, 6.07) is 2.32. The van der Waals surface area contributed by atoms with Crippen molar-refractivity contribution in [3.8, 4) is 0 Å². The van der Waals surface area contributed by atoms with Crippen LogP contribution in [0.1, 0.15) is 49.0 Å². The normalized spacial score (nSPS) is 18.4. The van der Waals surface area contributed by atoms with Crippen molar-refractivity contribution in [3.63, 3.8) is 0 Å². The molecule has 1 saturated carbocycles. The van der Waals surface area contributed by atoms with Crippen molar-refractivity contribution in [2.45, 2.75) is 51.9 Å². The molecular weight excluding hydrogens is 306 g/mol. The second-order valence-electron chi connectivity index (χ2n) is 5.69. The lowest BCUT2D eigenvalue weighted by molar-refractivity contribution is 0.247. The van der Waals surface area contributed by atoms with E-state index >= 15 is 0 Å². The van der Waals surface area contributed by atoms with E-state index in [4.69, 9.17) is 0 Å². The molecule has 0 aromatic carbocycles. The summed E-state index contributed by atoms with van der Waals surface area (Å²) in [4.78, 5) is 1.49. The molecule has 0 radical (unpaired) electrons. The molecule has 102 valence electrons. The summed E-state index contributed by atoms with van der Waals surface area (Å²) >= 11 is 5.47. The maximum Gasteiger partial charge on any atom is 0.0704 e. The number of aryl methyl sites for hydroxylation is 2. The summed E-state index contributed by atoms with van der Waals surface area (Å²) in [5.41, 5.74) is 2.19. The van der Waals surface area contributed by atoms with Crippen molar-refractivity contribution in [3.05, 3.63) is 20.3 Å². The fourth-order valence-electron chi connectivity index (χ4n) is 3.27. The Labute approximate surface area is 123 Å². The number of nitrogens with one attached hydrogen (secondary N) is 1. The molecule has 0 atom stereocenters. The summed E-state index contributed by atoms with van der Waals surface area (Å²) < 4.78 is 1.28. The van der Waals surface area contributed by atoms with Gasteiger partial charge in [-0.05, 0) is 85.6 Å². The average Bonchev–Trinajstić information content (AvgIpc) is 2.92. The molecule has 1 heterocycles. The molecule has 1 fully saturated rings. The first kappa shape index (κ1) is 14.5. The highest BCUT2D eigenvalue weighted by molar-refractivity contribution is 9.11. The monoisotopic (exact) mass is 329 g/mol. The van der Waals surface area contributed by atoms with Crippen LogP contribution in [0.2, 0.25) is 0 Å². The van der Waals surface area contributed by atoms with Gasteiger partial charge in [0.25, 0.3) is 0 Å². The Morgan fingerprint density at radius 2 is 2.06 bits per heavy atom. The van der Waals surface area contributed by atoms with Crippen LogP contribution in [0.25, 0.3) is 0 Å². The summed E-state index contributed by atoms with van der Waals surface area (Å²) in [6.45, 7) is 3.42. The van der Waals surface area contributed by atoms with Crippen LogP contribution in [0.4, 0.5) is 0 Å². The van der Waals surface area contributed by atoms with Gasteiger partial charge in [0.1, 0.15) is 0 Å². The van der Waals surface area contributed by atoms with Gasteiger partial charge in [-0.1, -0.05) is 12.8 Å². The van der Waals surface area contributed by atoms with E-state index in [0.717, 1.165) is 0 Å². The largest absolute Gasteiger partial charge is 0.320 e. The quantitative estimate of drug-likeness (QED) is 0.780. The molecule has 0 unspecified atom stereocenters. The predicted molar refractivity (Wildman–Crippen MR) is 84.5 cm³/mol. The molecule has 0 aliphatic heterocycles. The predicted octanol–water partition coefficient (Wildman–Crippen LogP) is 4.92. The molecule has 18 heavy (non-hydrogen) atoms. The van der Waals surface area contributed by atoms with Crippen molar-refractivity contribution < 1.29 is 0 Å². The van der Waals surface area contributed by atoms with Crippen molar-refractivity contribution in [2.75, 3.05) is 13.6 Å². The molecule has 1 aromatic rings. The van der Waals surface area contributed by atoms with Crippen LogP contribution in [0.15, 0.2) is 9.85 Å². The van der Waals surface area contributed by atoms with Gasteiger partial charge in [0, 0.05) is 4.88 Å². The van der Waals surface area contributed by atoms with Crippen LogP contribution in [0.3, 0.4) is 0 Å². The zero-order valence-corrected chi connectivity index (χ0v) is 13.9. The molecule has 3 heteroatoms. The average molecular weight is 330 g/mol. The van der Waals surface area contributed by atoms with Gasteiger partial charge in [-0.3, -0.25) is 0 Å². The third kappa shape index (κ3) is 3.58. The highest BCUT2D eigenvalue weighted by atomic mass is 79.9. The maximum atomic E-state index is 3.60. The fourth-order valence-corrected chi connectivity index (χ4v) is 5.06. The van der Waals surface area contributed by atoms with E-state index in [1.807, 2.05) is 11.3 Å². The Hall–Kier alpha value is 0.140. The molecule has 0 amide bonds. The Balaban J connectivity index is 1.95. The van der Waals surface area contributed by atoms with E-state index in [2.05, 4.69) is 41.3 Å². The van der Waals surface area contributed by atoms with Gasteiger partial charge in [-0.15, -0.1) is 11.3 Å². The Bertz CT molecular complexity index is 380. The van der Waals surface area contributed by atoms with E-state index < -0.39 is 0 Å². The zero-order chi connectivity index (χ0) is 13.0. The highest BCUT2D eigenvalue weighted by Gasteiger charge is 2.32. The minimum atomic E-state index is 0.629. The van der Waals surface area contributed by atoms with Gasteiger partial charge < -0.3 is 5.32 Å². The second-order valence-corrected chi connectivity index (χ2v) is 8.33. The van der Waals surface area contributed by atoms with Crippen LogP contribution >= 0.6 is 27.3 Å². The molecule has 1 N–H and O–H groups in total. The van der Waals surface area contributed by atoms with E-state index in [1.165, 1.54) is 60.2 Å². The third-order valence-electron chi connectivity index (χ3n) is 4.48. The number of hydrogen-bond acceptors (Lipinski definition) is 2. The van der Waals surface area contributed by atoms with E-state index in [0.29, 0.717) is 5.41 Å². The topological polar surface area (TPSA) is 12.0 Å². The molecule has 0 bridgehead atoms. The van der Waals surface area contributed by atoms with Gasteiger partial charge in [-0.2, -0.15) is 0 Å². The smallest absolute Gasteiger partial charge is 0.0704 e. The number of halogens is 1. The van der Waals surface area contributed by atoms with Crippen molar-refractivity contribution in [1.29, 1.82) is 0 Å². The fraction of sp³-hybridized carbons (Fsp3) is 0.733. The molecule has 1 nitrogen and oxygen atoms in total. The van der Waals surface area contributed by atoms with Gasteiger partial charge >= 0.3 is 0 Å². The first-order chi connectivity index (χ1) is 8.65. The van der Waals surface area contributed by atoms with Crippen molar-refractivity contribution in [1.82, 2.24) is 5.32 Å². The minimum absolute atomic E-state index is 0.629. The molecule has 1 aromatic heterocycles. The molecule has 0 saturated heterocycles. The molecule has 1 aliphatic rings. The second kappa shape index (κ2) is 6.53. The van der Waals surface area contributed by atoms with Crippen molar-refractivity contribution in [2.24, 2.45) is 5.41 Å². The zero-order valence-electron chi connectivity index (χ0n) is 11.5. The van der Waals surface area contributed by atoms with Crippen LogP contribution < -0.4 is 5.32 Å². The first-order valence-corrected chi connectivity index (χ1v) is 8.66. The molecular formula is C15H24BrNS.